The zero-order valence-corrected chi connectivity index (χ0v) is 18.5. The molecule has 1 aliphatic rings. The van der Waals surface area contributed by atoms with Crippen LogP contribution in [0.3, 0.4) is 0 Å². The van der Waals surface area contributed by atoms with Crippen molar-refractivity contribution in [1.29, 1.82) is 0 Å². The molecule has 1 aliphatic heterocycles. The highest BCUT2D eigenvalue weighted by Gasteiger charge is 2.44. The first-order chi connectivity index (χ1) is 15.2. The molecule has 0 amide bonds. The predicted octanol–water partition coefficient (Wildman–Crippen LogP) is 4.08. The van der Waals surface area contributed by atoms with Crippen molar-refractivity contribution in [3.63, 3.8) is 0 Å². The molecule has 2 atom stereocenters. The molecule has 1 aromatic heterocycles. The SMILES string of the molecule is COc1ccc(C[C@H](C(=O)O)C2Cc3cc4ccc(=O)oc4cc3OC2(C)C)cc1OC. The van der Waals surface area contributed by atoms with E-state index < -0.39 is 23.1 Å². The van der Waals surface area contributed by atoms with Crippen molar-refractivity contribution in [2.45, 2.75) is 32.3 Å². The Bertz CT molecular complexity index is 1220. The van der Waals surface area contributed by atoms with Crippen molar-refractivity contribution in [2.24, 2.45) is 11.8 Å². The Morgan fingerprint density at radius 1 is 1.12 bits per heavy atom. The van der Waals surface area contributed by atoms with Gasteiger partial charge in [-0.2, -0.15) is 0 Å². The molecule has 7 nitrogen and oxygen atoms in total. The van der Waals surface area contributed by atoms with Gasteiger partial charge in [-0.25, -0.2) is 4.79 Å². The maximum atomic E-state index is 12.4. The molecule has 0 spiro atoms. The highest BCUT2D eigenvalue weighted by atomic mass is 16.5. The van der Waals surface area contributed by atoms with E-state index in [0.717, 1.165) is 16.5 Å². The minimum absolute atomic E-state index is 0.284. The first-order valence-corrected chi connectivity index (χ1v) is 10.4. The van der Waals surface area contributed by atoms with Gasteiger partial charge < -0.3 is 23.7 Å². The van der Waals surface area contributed by atoms with E-state index in [2.05, 4.69) is 0 Å². The second-order valence-corrected chi connectivity index (χ2v) is 8.61. The molecule has 7 heteroatoms. The van der Waals surface area contributed by atoms with Gasteiger partial charge in [0.05, 0.1) is 20.1 Å². The van der Waals surface area contributed by atoms with Crippen molar-refractivity contribution < 1.29 is 28.5 Å². The number of hydrogen-bond acceptors (Lipinski definition) is 6. The van der Waals surface area contributed by atoms with E-state index in [0.29, 0.717) is 35.7 Å². The number of aliphatic carboxylic acids is 1. The fraction of sp³-hybridized carbons (Fsp3) is 0.360. The number of carboxylic acid groups (broad SMARTS) is 1. The molecule has 1 unspecified atom stereocenters. The smallest absolute Gasteiger partial charge is 0.336 e. The van der Waals surface area contributed by atoms with Crippen LogP contribution in [0.25, 0.3) is 11.0 Å². The van der Waals surface area contributed by atoms with Crippen LogP contribution in [-0.2, 0) is 17.6 Å². The van der Waals surface area contributed by atoms with Crippen LogP contribution in [0.4, 0.5) is 0 Å². The van der Waals surface area contributed by atoms with Gasteiger partial charge in [-0.3, -0.25) is 4.79 Å². The first-order valence-electron chi connectivity index (χ1n) is 10.4. The second-order valence-electron chi connectivity index (χ2n) is 8.61. The van der Waals surface area contributed by atoms with E-state index in [1.165, 1.54) is 6.07 Å². The van der Waals surface area contributed by atoms with Gasteiger partial charge in [0, 0.05) is 23.4 Å². The van der Waals surface area contributed by atoms with Crippen LogP contribution in [0.5, 0.6) is 17.2 Å². The van der Waals surface area contributed by atoms with Crippen LogP contribution in [-0.4, -0.2) is 30.9 Å². The molecule has 0 radical (unpaired) electrons. The van der Waals surface area contributed by atoms with Crippen LogP contribution in [0.1, 0.15) is 25.0 Å². The Morgan fingerprint density at radius 2 is 1.88 bits per heavy atom. The zero-order valence-electron chi connectivity index (χ0n) is 18.5. The van der Waals surface area contributed by atoms with E-state index in [9.17, 15) is 14.7 Å². The molecule has 0 bridgehead atoms. The minimum Gasteiger partial charge on any atom is -0.493 e. The number of carboxylic acids is 1. The lowest BCUT2D eigenvalue weighted by molar-refractivity contribution is -0.147. The van der Waals surface area contributed by atoms with Gasteiger partial charge in [0.15, 0.2) is 11.5 Å². The van der Waals surface area contributed by atoms with Crippen molar-refractivity contribution in [3.8, 4) is 17.2 Å². The van der Waals surface area contributed by atoms with Crippen LogP contribution in [0.2, 0.25) is 0 Å². The summed E-state index contributed by atoms with van der Waals surface area (Å²) >= 11 is 0. The predicted molar refractivity (Wildman–Crippen MR) is 119 cm³/mol. The molecular formula is C25H26O7. The van der Waals surface area contributed by atoms with Gasteiger partial charge in [-0.15, -0.1) is 0 Å². The van der Waals surface area contributed by atoms with Crippen molar-refractivity contribution >= 4 is 16.9 Å². The molecule has 2 heterocycles. The molecule has 2 aromatic carbocycles. The summed E-state index contributed by atoms with van der Waals surface area (Å²) in [4.78, 5) is 23.9. The largest absolute Gasteiger partial charge is 0.493 e. The maximum Gasteiger partial charge on any atom is 0.336 e. The number of hydrogen-bond donors (Lipinski definition) is 1. The molecular weight excluding hydrogens is 412 g/mol. The van der Waals surface area contributed by atoms with Crippen LogP contribution in [0, 0.1) is 11.8 Å². The quantitative estimate of drug-likeness (QED) is 0.579. The number of methoxy groups -OCH3 is 2. The summed E-state index contributed by atoms with van der Waals surface area (Å²) in [5.41, 5.74) is 1.03. The van der Waals surface area contributed by atoms with Gasteiger partial charge in [-0.1, -0.05) is 6.07 Å². The molecule has 1 N–H and O–H groups in total. The van der Waals surface area contributed by atoms with E-state index in [4.69, 9.17) is 18.6 Å². The van der Waals surface area contributed by atoms with Gasteiger partial charge in [0.25, 0.3) is 0 Å². The summed E-state index contributed by atoms with van der Waals surface area (Å²) in [6.07, 6.45) is 0.854. The van der Waals surface area contributed by atoms with E-state index in [1.807, 2.05) is 32.0 Å². The fourth-order valence-electron chi connectivity index (χ4n) is 4.53. The summed E-state index contributed by atoms with van der Waals surface area (Å²) in [7, 11) is 3.11. The second kappa shape index (κ2) is 8.22. The monoisotopic (exact) mass is 438 g/mol. The third-order valence-corrected chi connectivity index (χ3v) is 6.21. The topological polar surface area (TPSA) is 95.2 Å². The standard InChI is InChI=1S/C25H26O7/c1-25(2)18(12-16-11-15-6-8-23(26)31-20(15)13-21(16)32-25)17(24(27)28)9-14-5-7-19(29-3)22(10-14)30-4/h5-8,10-11,13,17-18H,9,12H2,1-4H3,(H,27,28)/t17-,18?/m0/s1. The molecule has 3 aromatic rings. The highest BCUT2D eigenvalue weighted by Crippen LogP contribution is 2.43. The average Bonchev–Trinajstić information content (AvgIpc) is 2.75. The molecule has 0 aliphatic carbocycles. The Morgan fingerprint density at radius 3 is 2.56 bits per heavy atom. The van der Waals surface area contributed by atoms with E-state index in [1.54, 1.807) is 32.4 Å². The Kier molecular flexibility index (Phi) is 5.59. The molecule has 0 saturated carbocycles. The third kappa shape index (κ3) is 4.02. The van der Waals surface area contributed by atoms with E-state index in [-0.39, 0.29) is 5.92 Å². The zero-order chi connectivity index (χ0) is 23.0. The van der Waals surface area contributed by atoms with Crippen molar-refractivity contribution in [1.82, 2.24) is 0 Å². The lowest BCUT2D eigenvalue weighted by Crippen LogP contribution is -2.48. The normalized spacial score (nSPS) is 17.8. The minimum atomic E-state index is -0.878. The molecule has 32 heavy (non-hydrogen) atoms. The van der Waals surface area contributed by atoms with E-state index >= 15 is 0 Å². The Balaban J connectivity index is 1.69. The summed E-state index contributed by atoms with van der Waals surface area (Å²) in [6.45, 7) is 3.80. The third-order valence-electron chi connectivity index (χ3n) is 6.21. The molecule has 0 saturated heterocycles. The lowest BCUT2D eigenvalue weighted by atomic mass is 9.72. The van der Waals surface area contributed by atoms with Gasteiger partial charge >= 0.3 is 11.6 Å². The maximum absolute atomic E-state index is 12.4. The highest BCUT2D eigenvalue weighted by molar-refractivity contribution is 5.80. The summed E-state index contributed by atoms with van der Waals surface area (Å²) < 4.78 is 22.2. The van der Waals surface area contributed by atoms with Crippen molar-refractivity contribution in [2.75, 3.05) is 14.2 Å². The summed E-state index contributed by atoms with van der Waals surface area (Å²) in [6, 6.07) is 12.2. The Labute approximate surface area is 185 Å². The van der Waals surface area contributed by atoms with Crippen LogP contribution >= 0.6 is 0 Å². The van der Waals surface area contributed by atoms with Crippen LogP contribution in [0.15, 0.2) is 51.7 Å². The first kappa shape index (κ1) is 21.7. The summed E-state index contributed by atoms with van der Waals surface area (Å²) in [5.74, 6) is -0.0713. The number of rotatable bonds is 6. The van der Waals surface area contributed by atoms with Gasteiger partial charge in [0.1, 0.15) is 16.9 Å². The Hall–Kier alpha value is -3.48. The van der Waals surface area contributed by atoms with Gasteiger partial charge in [-0.05, 0) is 62.1 Å². The lowest BCUT2D eigenvalue weighted by Gasteiger charge is -2.42. The fourth-order valence-corrected chi connectivity index (χ4v) is 4.53. The summed E-state index contributed by atoms with van der Waals surface area (Å²) in [5, 5.41) is 10.9. The number of carbonyl (C=O) groups is 1. The molecule has 0 fully saturated rings. The number of ether oxygens (including phenoxy) is 3. The van der Waals surface area contributed by atoms with Crippen LogP contribution < -0.4 is 19.8 Å². The number of benzene rings is 2. The number of fused-ring (bicyclic) bond motifs is 2. The van der Waals surface area contributed by atoms with Gasteiger partial charge in [0.2, 0.25) is 0 Å². The average molecular weight is 438 g/mol. The molecule has 168 valence electrons. The van der Waals surface area contributed by atoms with Crippen molar-refractivity contribution in [3.05, 3.63) is 64.0 Å². The molecule has 4 rings (SSSR count).